The fourth-order valence-corrected chi connectivity index (χ4v) is 1.67. The van der Waals surface area contributed by atoms with E-state index < -0.39 is 11.9 Å². The predicted octanol–water partition coefficient (Wildman–Crippen LogP) is 1.24. The van der Waals surface area contributed by atoms with E-state index >= 15 is 0 Å². The van der Waals surface area contributed by atoms with Gasteiger partial charge in [0.1, 0.15) is 6.33 Å². The number of urea groups is 1. The third-order valence-electron chi connectivity index (χ3n) is 2.63. The fourth-order valence-electron chi connectivity index (χ4n) is 1.67. The zero-order valence-electron chi connectivity index (χ0n) is 11.6. The summed E-state index contributed by atoms with van der Waals surface area (Å²) in [5.41, 5.74) is 0.726. The number of hydrogen-bond donors (Lipinski definition) is 2. The van der Waals surface area contributed by atoms with Crippen LogP contribution >= 0.6 is 0 Å². The lowest BCUT2D eigenvalue weighted by molar-refractivity contribution is -0.122. The Kier molecular flexibility index (Phi) is 5.03. The first kappa shape index (κ1) is 14.7. The standard InChI is InChI=1S/C14H16N4O3/c1-2-7-15-14(20)18-12(19)8-21-13-10-5-3-4-6-11(10)16-9-17-13/h3-6,9H,2,7-8H2,1H3,(H2,15,18,19,20). The van der Waals surface area contributed by atoms with Gasteiger partial charge in [0.15, 0.2) is 6.61 Å². The lowest BCUT2D eigenvalue weighted by atomic mass is 10.2. The van der Waals surface area contributed by atoms with Crippen molar-refractivity contribution in [2.45, 2.75) is 13.3 Å². The Labute approximate surface area is 121 Å². The van der Waals surface area contributed by atoms with Gasteiger partial charge in [0.05, 0.1) is 10.9 Å². The van der Waals surface area contributed by atoms with Crippen LogP contribution in [0.5, 0.6) is 5.88 Å². The second kappa shape index (κ2) is 7.18. The van der Waals surface area contributed by atoms with Crippen molar-refractivity contribution in [1.29, 1.82) is 0 Å². The van der Waals surface area contributed by atoms with E-state index in [-0.39, 0.29) is 6.61 Å². The first-order valence-corrected chi connectivity index (χ1v) is 6.61. The van der Waals surface area contributed by atoms with E-state index in [1.165, 1.54) is 6.33 Å². The van der Waals surface area contributed by atoms with Gasteiger partial charge in [-0.25, -0.2) is 14.8 Å². The summed E-state index contributed by atoms with van der Waals surface area (Å²) in [6.07, 6.45) is 2.16. The number of amides is 3. The number of fused-ring (bicyclic) bond motifs is 1. The lowest BCUT2D eigenvalue weighted by Crippen LogP contribution is -2.41. The minimum absolute atomic E-state index is 0.291. The maximum absolute atomic E-state index is 11.6. The smallest absolute Gasteiger partial charge is 0.321 e. The maximum Gasteiger partial charge on any atom is 0.321 e. The topological polar surface area (TPSA) is 93.2 Å². The SMILES string of the molecule is CCCNC(=O)NC(=O)COc1ncnc2ccccc12. The van der Waals surface area contributed by atoms with Crippen molar-refractivity contribution in [2.75, 3.05) is 13.2 Å². The normalized spacial score (nSPS) is 10.1. The number of hydrogen-bond acceptors (Lipinski definition) is 5. The number of nitrogens with one attached hydrogen (secondary N) is 2. The molecule has 21 heavy (non-hydrogen) atoms. The Bertz CT molecular complexity index is 640. The van der Waals surface area contributed by atoms with Crippen LogP contribution in [0.2, 0.25) is 0 Å². The van der Waals surface area contributed by atoms with Crippen molar-refractivity contribution in [2.24, 2.45) is 0 Å². The molecule has 0 radical (unpaired) electrons. The van der Waals surface area contributed by atoms with E-state index in [1.807, 2.05) is 25.1 Å². The van der Waals surface area contributed by atoms with Gasteiger partial charge in [-0.2, -0.15) is 0 Å². The summed E-state index contributed by atoms with van der Waals surface area (Å²) < 4.78 is 5.34. The number of nitrogens with zero attached hydrogens (tertiary/aromatic N) is 2. The highest BCUT2D eigenvalue weighted by molar-refractivity contribution is 5.95. The zero-order valence-corrected chi connectivity index (χ0v) is 11.6. The number of para-hydroxylation sites is 1. The largest absolute Gasteiger partial charge is 0.467 e. The third kappa shape index (κ3) is 4.13. The first-order valence-electron chi connectivity index (χ1n) is 6.61. The molecule has 0 atom stereocenters. The predicted molar refractivity (Wildman–Crippen MR) is 76.9 cm³/mol. The molecule has 110 valence electrons. The summed E-state index contributed by atoms with van der Waals surface area (Å²) in [6.45, 7) is 2.14. The molecule has 3 amide bonds. The minimum atomic E-state index is -0.536. The van der Waals surface area contributed by atoms with Crippen LogP contribution in [0.15, 0.2) is 30.6 Å². The van der Waals surface area contributed by atoms with Gasteiger partial charge >= 0.3 is 6.03 Å². The van der Waals surface area contributed by atoms with Crippen LogP contribution in [-0.4, -0.2) is 35.1 Å². The molecule has 1 aromatic heterocycles. The molecular formula is C14H16N4O3. The average Bonchev–Trinajstić information content (AvgIpc) is 2.51. The summed E-state index contributed by atoms with van der Waals surface area (Å²) in [4.78, 5) is 31.0. The van der Waals surface area contributed by atoms with E-state index in [0.29, 0.717) is 17.8 Å². The molecule has 0 saturated heterocycles. The van der Waals surface area contributed by atoms with E-state index in [9.17, 15) is 9.59 Å². The van der Waals surface area contributed by atoms with Crippen LogP contribution in [0.1, 0.15) is 13.3 Å². The van der Waals surface area contributed by atoms with Gasteiger partial charge in [0, 0.05) is 6.54 Å². The number of carbonyl (C=O) groups excluding carboxylic acids is 2. The summed E-state index contributed by atoms with van der Waals surface area (Å²) in [5.74, 6) is -0.226. The Morgan fingerprint density at radius 3 is 2.86 bits per heavy atom. The molecular weight excluding hydrogens is 272 g/mol. The van der Waals surface area contributed by atoms with Crippen molar-refractivity contribution < 1.29 is 14.3 Å². The summed E-state index contributed by atoms with van der Waals surface area (Å²) in [6, 6.07) is 6.78. The molecule has 0 saturated carbocycles. The van der Waals surface area contributed by atoms with E-state index in [0.717, 1.165) is 11.9 Å². The first-order chi connectivity index (χ1) is 10.2. The van der Waals surface area contributed by atoms with Crippen LogP contribution in [0, 0.1) is 0 Å². The lowest BCUT2D eigenvalue weighted by Gasteiger charge is -2.08. The minimum Gasteiger partial charge on any atom is -0.467 e. The molecule has 2 rings (SSSR count). The molecule has 7 nitrogen and oxygen atoms in total. The molecule has 0 spiro atoms. The average molecular weight is 288 g/mol. The molecule has 0 fully saturated rings. The Balaban J connectivity index is 1.93. The van der Waals surface area contributed by atoms with Gasteiger partial charge in [0.2, 0.25) is 5.88 Å². The van der Waals surface area contributed by atoms with Crippen LogP contribution < -0.4 is 15.4 Å². The van der Waals surface area contributed by atoms with Crippen LogP contribution in [0.25, 0.3) is 10.9 Å². The van der Waals surface area contributed by atoms with E-state index in [4.69, 9.17) is 4.74 Å². The van der Waals surface area contributed by atoms with Crippen molar-refractivity contribution in [3.05, 3.63) is 30.6 Å². The van der Waals surface area contributed by atoms with Crippen LogP contribution in [0.4, 0.5) is 4.79 Å². The highest BCUT2D eigenvalue weighted by Gasteiger charge is 2.10. The van der Waals surface area contributed by atoms with Gasteiger partial charge in [-0.3, -0.25) is 10.1 Å². The molecule has 1 heterocycles. The molecule has 0 aliphatic rings. The number of imide groups is 1. The van der Waals surface area contributed by atoms with Gasteiger partial charge in [-0.05, 0) is 18.6 Å². The number of carbonyl (C=O) groups is 2. The summed E-state index contributed by atoms with van der Waals surface area (Å²) >= 11 is 0. The number of rotatable bonds is 5. The molecule has 7 heteroatoms. The quantitative estimate of drug-likeness (QED) is 0.863. The van der Waals surface area contributed by atoms with Gasteiger partial charge in [-0.1, -0.05) is 19.1 Å². The van der Waals surface area contributed by atoms with Crippen molar-refractivity contribution in [3.63, 3.8) is 0 Å². The summed E-state index contributed by atoms with van der Waals surface area (Å²) in [7, 11) is 0. The summed E-state index contributed by atoms with van der Waals surface area (Å²) in [5, 5.41) is 5.43. The third-order valence-corrected chi connectivity index (χ3v) is 2.63. The highest BCUT2D eigenvalue weighted by Crippen LogP contribution is 2.20. The number of ether oxygens (including phenoxy) is 1. The Morgan fingerprint density at radius 2 is 2.05 bits per heavy atom. The highest BCUT2D eigenvalue weighted by atomic mass is 16.5. The van der Waals surface area contributed by atoms with Gasteiger partial charge in [0.25, 0.3) is 5.91 Å². The van der Waals surface area contributed by atoms with E-state index in [1.54, 1.807) is 6.07 Å². The second-order valence-corrected chi connectivity index (χ2v) is 4.29. The Morgan fingerprint density at radius 1 is 1.24 bits per heavy atom. The van der Waals surface area contributed by atoms with Crippen molar-refractivity contribution >= 4 is 22.8 Å². The number of aromatic nitrogens is 2. The maximum atomic E-state index is 11.6. The second-order valence-electron chi connectivity index (χ2n) is 4.29. The molecule has 1 aromatic carbocycles. The Hall–Kier alpha value is -2.70. The molecule has 2 N–H and O–H groups in total. The number of benzene rings is 1. The van der Waals surface area contributed by atoms with Gasteiger partial charge < -0.3 is 10.1 Å². The van der Waals surface area contributed by atoms with Crippen LogP contribution in [-0.2, 0) is 4.79 Å². The van der Waals surface area contributed by atoms with Gasteiger partial charge in [-0.15, -0.1) is 0 Å². The van der Waals surface area contributed by atoms with Crippen molar-refractivity contribution in [3.8, 4) is 5.88 Å². The monoisotopic (exact) mass is 288 g/mol. The molecule has 0 aliphatic heterocycles. The fraction of sp³-hybridized carbons (Fsp3) is 0.286. The van der Waals surface area contributed by atoms with Crippen LogP contribution in [0.3, 0.4) is 0 Å². The molecule has 2 aromatic rings. The molecule has 0 bridgehead atoms. The zero-order chi connectivity index (χ0) is 15.1. The van der Waals surface area contributed by atoms with E-state index in [2.05, 4.69) is 20.6 Å². The van der Waals surface area contributed by atoms with Crippen molar-refractivity contribution in [1.82, 2.24) is 20.6 Å². The molecule has 0 unspecified atom stereocenters. The molecule has 0 aliphatic carbocycles.